The van der Waals surface area contributed by atoms with Crippen molar-refractivity contribution in [3.05, 3.63) is 70.8 Å². The molecule has 1 aliphatic rings. The normalized spacial score (nSPS) is 12.7. The number of methoxy groups -OCH3 is 1. The Morgan fingerprint density at radius 2 is 1.85 bits per heavy atom. The number of hydrogen-bond donors (Lipinski definition) is 0. The molecule has 1 heterocycles. The summed E-state index contributed by atoms with van der Waals surface area (Å²) in [6.45, 7) is 3.08. The molecule has 0 unspecified atom stereocenters. The first-order valence-electron chi connectivity index (χ1n) is 8.05. The second-order valence-electron chi connectivity index (χ2n) is 5.82. The second kappa shape index (κ2) is 7.63. The SMILES string of the molecule is C=C1c2ccccc2C(=O)N1CC(=O)OCC(=O)c1ccc(OC)c(Cl)c1. The van der Waals surface area contributed by atoms with Crippen LogP contribution >= 0.6 is 11.6 Å². The Morgan fingerprint density at radius 3 is 2.48 bits per heavy atom. The van der Waals surface area contributed by atoms with Crippen molar-refractivity contribution in [1.29, 1.82) is 0 Å². The fourth-order valence-corrected chi connectivity index (χ4v) is 3.00. The third-order valence-electron chi connectivity index (χ3n) is 4.16. The highest BCUT2D eigenvalue weighted by molar-refractivity contribution is 6.32. The Labute approximate surface area is 160 Å². The Bertz CT molecular complexity index is 918. The smallest absolute Gasteiger partial charge is 0.326 e. The summed E-state index contributed by atoms with van der Waals surface area (Å²) in [7, 11) is 1.47. The van der Waals surface area contributed by atoms with Crippen molar-refractivity contribution < 1.29 is 23.9 Å². The maximum absolute atomic E-state index is 12.4. The first-order valence-corrected chi connectivity index (χ1v) is 8.42. The standard InChI is InChI=1S/C20H16ClNO5/c1-12-14-5-3-4-6-15(14)20(25)22(12)10-19(24)27-11-17(23)13-7-8-18(26-2)16(21)9-13/h3-9H,1,10-11H2,2H3. The summed E-state index contributed by atoms with van der Waals surface area (Å²) in [4.78, 5) is 37.9. The van der Waals surface area contributed by atoms with Crippen LogP contribution in [0.1, 0.15) is 26.3 Å². The van der Waals surface area contributed by atoms with Crippen LogP contribution in [0.4, 0.5) is 0 Å². The maximum atomic E-state index is 12.4. The van der Waals surface area contributed by atoms with E-state index in [0.717, 1.165) is 0 Å². The minimum absolute atomic E-state index is 0.284. The molecule has 0 aliphatic carbocycles. The van der Waals surface area contributed by atoms with E-state index >= 15 is 0 Å². The molecule has 0 saturated carbocycles. The number of benzene rings is 2. The lowest BCUT2D eigenvalue weighted by atomic mass is 10.1. The summed E-state index contributed by atoms with van der Waals surface area (Å²) in [6, 6.07) is 11.5. The van der Waals surface area contributed by atoms with Gasteiger partial charge in [-0.3, -0.25) is 19.3 Å². The molecule has 7 heteroatoms. The molecular formula is C20H16ClNO5. The average Bonchev–Trinajstić information content (AvgIpc) is 2.91. The van der Waals surface area contributed by atoms with Gasteiger partial charge in [0, 0.05) is 22.4 Å². The Balaban J connectivity index is 1.59. The third kappa shape index (κ3) is 3.71. The van der Waals surface area contributed by atoms with Gasteiger partial charge in [-0.2, -0.15) is 0 Å². The quantitative estimate of drug-likeness (QED) is 0.564. The predicted octanol–water partition coefficient (Wildman–Crippen LogP) is 3.20. The van der Waals surface area contributed by atoms with E-state index in [-0.39, 0.29) is 17.5 Å². The fraction of sp³-hybridized carbons (Fsp3) is 0.150. The molecule has 1 amide bonds. The first kappa shape index (κ1) is 18.7. The van der Waals surface area contributed by atoms with Gasteiger partial charge in [-0.25, -0.2) is 0 Å². The van der Waals surface area contributed by atoms with E-state index in [1.54, 1.807) is 30.3 Å². The summed E-state index contributed by atoms with van der Waals surface area (Å²) in [5.74, 6) is -0.996. The average molecular weight is 386 g/mol. The van der Waals surface area contributed by atoms with E-state index in [9.17, 15) is 14.4 Å². The van der Waals surface area contributed by atoms with Crippen LogP contribution in [-0.2, 0) is 9.53 Å². The highest BCUT2D eigenvalue weighted by Gasteiger charge is 2.32. The van der Waals surface area contributed by atoms with E-state index in [1.165, 1.54) is 24.1 Å². The van der Waals surface area contributed by atoms with Gasteiger partial charge in [0.2, 0.25) is 0 Å². The number of carbonyl (C=O) groups is 3. The van der Waals surface area contributed by atoms with E-state index in [0.29, 0.717) is 28.1 Å². The van der Waals surface area contributed by atoms with Crippen molar-refractivity contribution in [2.45, 2.75) is 0 Å². The zero-order valence-corrected chi connectivity index (χ0v) is 15.3. The van der Waals surface area contributed by atoms with Gasteiger partial charge < -0.3 is 9.47 Å². The Hall–Kier alpha value is -3.12. The van der Waals surface area contributed by atoms with E-state index in [1.807, 2.05) is 0 Å². The molecule has 0 saturated heterocycles. The summed E-state index contributed by atoms with van der Waals surface area (Å²) < 4.78 is 10.0. The molecule has 2 aromatic carbocycles. The highest BCUT2D eigenvalue weighted by atomic mass is 35.5. The molecule has 3 rings (SSSR count). The lowest BCUT2D eigenvalue weighted by Crippen LogP contribution is -2.31. The van der Waals surface area contributed by atoms with Crippen molar-refractivity contribution in [2.75, 3.05) is 20.3 Å². The molecule has 1 aliphatic heterocycles. The monoisotopic (exact) mass is 385 g/mol. The van der Waals surface area contributed by atoms with Gasteiger partial charge in [0.05, 0.1) is 12.1 Å². The predicted molar refractivity (Wildman–Crippen MR) is 99.8 cm³/mol. The van der Waals surface area contributed by atoms with Crippen LogP contribution in [0.3, 0.4) is 0 Å². The Kier molecular flexibility index (Phi) is 5.28. The maximum Gasteiger partial charge on any atom is 0.326 e. The molecule has 0 aromatic heterocycles. The van der Waals surface area contributed by atoms with Crippen molar-refractivity contribution >= 4 is 35.0 Å². The largest absolute Gasteiger partial charge is 0.495 e. The molecular weight excluding hydrogens is 370 g/mol. The summed E-state index contributed by atoms with van der Waals surface area (Å²) in [6.07, 6.45) is 0. The van der Waals surface area contributed by atoms with E-state index in [2.05, 4.69) is 6.58 Å². The van der Waals surface area contributed by atoms with Gasteiger partial charge >= 0.3 is 5.97 Å². The van der Waals surface area contributed by atoms with Crippen LogP contribution < -0.4 is 4.74 Å². The number of halogens is 1. The second-order valence-corrected chi connectivity index (χ2v) is 6.22. The summed E-state index contributed by atoms with van der Waals surface area (Å²) >= 11 is 5.99. The number of hydrogen-bond acceptors (Lipinski definition) is 5. The van der Waals surface area contributed by atoms with Gasteiger partial charge in [0.15, 0.2) is 12.4 Å². The Morgan fingerprint density at radius 1 is 1.15 bits per heavy atom. The van der Waals surface area contributed by atoms with Crippen molar-refractivity contribution in [2.24, 2.45) is 0 Å². The highest BCUT2D eigenvalue weighted by Crippen LogP contribution is 2.30. The third-order valence-corrected chi connectivity index (χ3v) is 4.46. The molecule has 27 heavy (non-hydrogen) atoms. The number of ether oxygens (including phenoxy) is 2. The van der Waals surface area contributed by atoms with Crippen LogP contribution in [0.25, 0.3) is 5.70 Å². The van der Waals surface area contributed by atoms with Gasteiger partial charge in [0.1, 0.15) is 12.3 Å². The molecule has 2 aromatic rings. The van der Waals surface area contributed by atoms with Crippen molar-refractivity contribution in [1.82, 2.24) is 4.90 Å². The van der Waals surface area contributed by atoms with Gasteiger partial charge in [-0.05, 0) is 24.3 Å². The van der Waals surface area contributed by atoms with Crippen molar-refractivity contribution in [3.63, 3.8) is 0 Å². The number of carbonyl (C=O) groups excluding carboxylic acids is 3. The number of fused-ring (bicyclic) bond motifs is 1. The lowest BCUT2D eigenvalue weighted by molar-refractivity contribution is -0.142. The number of rotatable bonds is 6. The van der Waals surface area contributed by atoms with Crippen molar-refractivity contribution in [3.8, 4) is 5.75 Å². The molecule has 0 atom stereocenters. The molecule has 0 bridgehead atoms. The summed E-state index contributed by atoms with van der Waals surface area (Å²) in [5.41, 5.74) is 1.89. The zero-order chi connectivity index (χ0) is 19.6. The van der Waals surface area contributed by atoms with E-state index in [4.69, 9.17) is 21.1 Å². The van der Waals surface area contributed by atoms with Crippen LogP contribution in [-0.4, -0.2) is 42.8 Å². The van der Waals surface area contributed by atoms with Gasteiger partial charge in [-0.15, -0.1) is 0 Å². The fourth-order valence-electron chi connectivity index (χ4n) is 2.75. The molecule has 0 radical (unpaired) electrons. The number of amides is 1. The number of ketones is 1. The van der Waals surface area contributed by atoms with Gasteiger partial charge in [0.25, 0.3) is 5.91 Å². The minimum atomic E-state index is -0.703. The van der Waals surface area contributed by atoms with Crippen LogP contribution in [0.15, 0.2) is 49.0 Å². The first-order chi connectivity index (χ1) is 12.9. The van der Waals surface area contributed by atoms with Gasteiger partial charge in [-0.1, -0.05) is 36.4 Å². The number of Topliss-reactive ketones (excluding diaryl/α,β-unsaturated/α-hetero) is 1. The number of esters is 1. The minimum Gasteiger partial charge on any atom is -0.495 e. The van der Waals surface area contributed by atoms with Crippen LogP contribution in [0.2, 0.25) is 5.02 Å². The lowest BCUT2D eigenvalue weighted by Gasteiger charge is -2.16. The van der Waals surface area contributed by atoms with Crippen LogP contribution in [0.5, 0.6) is 5.75 Å². The molecule has 6 nitrogen and oxygen atoms in total. The zero-order valence-electron chi connectivity index (χ0n) is 14.5. The summed E-state index contributed by atoms with van der Waals surface area (Å²) in [5, 5.41) is 0.284. The van der Waals surface area contributed by atoms with E-state index < -0.39 is 18.4 Å². The topological polar surface area (TPSA) is 72.9 Å². The number of nitrogens with zero attached hydrogens (tertiary/aromatic N) is 1. The molecule has 0 N–H and O–H groups in total. The molecule has 138 valence electrons. The molecule has 0 fully saturated rings. The molecule has 0 spiro atoms. The van der Waals surface area contributed by atoms with Crippen LogP contribution in [0, 0.1) is 0 Å².